The van der Waals surface area contributed by atoms with Crippen LogP contribution in [0.2, 0.25) is 15.1 Å². The second-order valence-electron chi connectivity index (χ2n) is 10.6. The highest BCUT2D eigenvalue weighted by molar-refractivity contribution is 7.92. The first-order chi connectivity index (χ1) is 22.1. The summed E-state index contributed by atoms with van der Waals surface area (Å²) in [7, 11) is -3.25. The molecule has 0 fully saturated rings. The third-order valence-corrected chi connectivity index (χ3v) is 10.0. The molecule has 0 spiro atoms. The van der Waals surface area contributed by atoms with E-state index in [1.54, 1.807) is 43.3 Å². The first-order valence-corrected chi connectivity index (χ1v) is 16.6. The van der Waals surface area contributed by atoms with Gasteiger partial charge in [0, 0.05) is 30.1 Å². The van der Waals surface area contributed by atoms with Crippen LogP contribution in [0.3, 0.4) is 0 Å². The molecule has 4 aromatic rings. The zero-order valence-electron chi connectivity index (χ0n) is 25.1. The maximum atomic E-state index is 14.4. The standard InChI is InChI=1S/C33H29Cl3F3N3O4S/c1-21-8-13-26(14-9-21)47(45,46)42(25-12-15-28(35)27(18-25)33(37,38)39)20-31(43)41(19-23-10-11-24(34)17-29(23)36)30(32(44)40-2)16-22-6-4-3-5-7-22/h3-15,17-18,30H,16,19-20H2,1-2H3,(H,40,44)/t30-/m1/s1. The number of aryl methyl sites for hydroxylation is 1. The van der Waals surface area contributed by atoms with E-state index in [4.69, 9.17) is 34.8 Å². The van der Waals surface area contributed by atoms with E-state index in [0.717, 1.165) is 22.6 Å². The molecule has 2 amide bonds. The zero-order chi connectivity index (χ0) is 34.5. The van der Waals surface area contributed by atoms with Crippen LogP contribution < -0.4 is 9.62 Å². The molecule has 248 valence electrons. The number of rotatable bonds is 11. The van der Waals surface area contributed by atoms with Gasteiger partial charge in [0.2, 0.25) is 11.8 Å². The van der Waals surface area contributed by atoms with Gasteiger partial charge in [-0.1, -0.05) is 88.9 Å². The maximum Gasteiger partial charge on any atom is 0.417 e. The van der Waals surface area contributed by atoms with Gasteiger partial charge in [-0.05, 0) is 60.5 Å². The normalized spacial score (nSPS) is 12.3. The van der Waals surface area contributed by atoms with Gasteiger partial charge in [0.1, 0.15) is 12.6 Å². The minimum absolute atomic E-state index is 0.0291. The number of carbonyl (C=O) groups is 2. The van der Waals surface area contributed by atoms with Crippen LogP contribution in [0.4, 0.5) is 18.9 Å². The molecule has 0 aliphatic heterocycles. The Balaban J connectivity index is 1.87. The van der Waals surface area contributed by atoms with Gasteiger partial charge in [0.15, 0.2) is 0 Å². The number of halogens is 6. The summed E-state index contributed by atoms with van der Waals surface area (Å²) >= 11 is 18.4. The number of sulfonamides is 1. The molecule has 0 aromatic heterocycles. The molecule has 0 heterocycles. The lowest BCUT2D eigenvalue weighted by molar-refractivity contribution is -0.139. The number of carbonyl (C=O) groups excluding carboxylic acids is 2. The molecule has 4 rings (SSSR count). The third kappa shape index (κ3) is 8.78. The fourth-order valence-corrected chi connectivity index (χ4v) is 6.90. The fourth-order valence-electron chi connectivity index (χ4n) is 4.81. The number of alkyl halides is 3. The Morgan fingerprint density at radius 1 is 0.872 bits per heavy atom. The van der Waals surface area contributed by atoms with Crippen molar-refractivity contribution in [2.24, 2.45) is 0 Å². The van der Waals surface area contributed by atoms with E-state index in [2.05, 4.69) is 5.32 Å². The minimum atomic E-state index is -4.92. The van der Waals surface area contributed by atoms with Crippen LogP contribution in [0.5, 0.6) is 0 Å². The molecule has 4 aromatic carbocycles. The van der Waals surface area contributed by atoms with Crippen LogP contribution in [-0.4, -0.2) is 44.8 Å². The molecule has 47 heavy (non-hydrogen) atoms. The number of anilines is 1. The molecule has 1 atom stereocenters. The second-order valence-corrected chi connectivity index (χ2v) is 13.7. The SMILES string of the molecule is CNC(=O)[C@@H](Cc1ccccc1)N(Cc1ccc(Cl)cc1Cl)C(=O)CN(c1ccc(Cl)c(C(F)(F)F)c1)S(=O)(=O)c1ccc(C)cc1. The fraction of sp³-hybridized carbons (Fsp3) is 0.212. The van der Waals surface area contributed by atoms with Crippen LogP contribution in [0.25, 0.3) is 0 Å². The number of amides is 2. The van der Waals surface area contributed by atoms with E-state index in [0.29, 0.717) is 26.5 Å². The summed E-state index contributed by atoms with van der Waals surface area (Å²) in [6.07, 6.45) is -4.89. The maximum absolute atomic E-state index is 14.4. The highest BCUT2D eigenvalue weighted by atomic mass is 35.5. The quantitative estimate of drug-likeness (QED) is 0.173. The summed E-state index contributed by atoms with van der Waals surface area (Å²) in [4.78, 5) is 28.6. The van der Waals surface area contributed by atoms with Crippen molar-refractivity contribution in [3.8, 4) is 0 Å². The molecule has 1 N–H and O–H groups in total. The summed E-state index contributed by atoms with van der Waals surface area (Å²) in [6.45, 7) is 0.507. The van der Waals surface area contributed by atoms with Gasteiger partial charge >= 0.3 is 6.18 Å². The van der Waals surface area contributed by atoms with Gasteiger partial charge in [-0.3, -0.25) is 13.9 Å². The molecule has 0 aliphatic carbocycles. The summed E-state index contributed by atoms with van der Waals surface area (Å²) in [5, 5.41) is 2.40. The molecule has 0 bridgehead atoms. The predicted molar refractivity (Wildman–Crippen MR) is 177 cm³/mol. The van der Waals surface area contributed by atoms with Crippen LogP contribution >= 0.6 is 34.8 Å². The molecule has 0 unspecified atom stereocenters. The Hall–Kier alpha value is -3.77. The molecule has 7 nitrogen and oxygen atoms in total. The van der Waals surface area contributed by atoms with Crippen molar-refractivity contribution in [3.63, 3.8) is 0 Å². The Morgan fingerprint density at radius 3 is 2.13 bits per heavy atom. The lowest BCUT2D eigenvalue weighted by Gasteiger charge is -2.34. The minimum Gasteiger partial charge on any atom is -0.357 e. The summed E-state index contributed by atoms with van der Waals surface area (Å²) in [5.41, 5.74) is 0.0747. The number of likely N-dealkylation sites (N-methyl/N-ethyl adjacent to an activating group) is 1. The van der Waals surface area contributed by atoms with Gasteiger partial charge in [-0.15, -0.1) is 0 Å². The largest absolute Gasteiger partial charge is 0.417 e. The number of hydrogen-bond acceptors (Lipinski definition) is 4. The summed E-state index contributed by atoms with van der Waals surface area (Å²) in [6, 6.07) is 20.4. The van der Waals surface area contributed by atoms with Gasteiger partial charge < -0.3 is 10.2 Å². The predicted octanol–water partition coefficient (Wildman–Crippen LogP) is 7.56. The third-order valence-electron chi connectivity index (χ3n) is 7.30. The van der Waals surface area contributed by atoms with Crippen molar-refractivity contribution in [1.82, 2.24) is 10.2 Å². The van der Waals surface area contributed by atoms with E-state index in [1.807, 2.05) is 0 Å². The van der Waals surface area contributed by atoms with E-state index < -0.39 is 56.9 Å². The lowest BCUT2D eigenvalue weighted by Crippen LogP contribution is -2.53. The van der Waals surface area contributed by atoms with Crippen LogP contribution in [-0.2, 0) is 38.8 Å². The monoisotopic (exact) mass is 725 g/mol. The first-order valence-electron chi connectivity index (χ1n) is 14.1. The van der Waals surface area contributed by atoms with E-state index in [9.17, 15) is 31.2 Å². The molecule has 0 saturated heterocycles. The molecular formula is C33H29Cl3F3N3O4S. The van der Waals surface area contributed by atoms with E-state index in [1.165, 1.54) is 43.4 Å². The van der Waals surface area contributed by atoms with Crippen molar-refractivity contribution in [1.29, 1.82) is 0 Å². The molecule has 14 heteroatoms. The van der Waals surface area contributed by atoms with Crippen LogP contribution in [0.15, 0.2) is 95.9 Å². The molecular weight excluding hydrogens is 698 g/mol. The first kappa shape index (κ1) is 36.1. The molecule has 0 saturated carbocycles. The number of nitrogens with one attached hydrogen (secondary N) is 1. The topological polar surface area (TPSA) is 86.8 Å². The lowest BCUT2D eigenvalue weighted by atomic mass is 10.0. The Morgan fingerprint density at radius 2 is 1.53 bits per heavy atom. The number of benzene rings is 4. The van der Waals surface area contributed by atoms with Crippen molar-refractivity contribution in [3.05, 3.63) is 128 Å². The second kappa shape index (κ2) is 15.0. The Kier molecular flexibility index (Phi) is 11.5. The van der Waals surface area contributed by atoms with Gasteiger partial charge in [-0.2, -0.15) is 13.2 Å². The van der Waals surface area contributed by atoms with E-state index >= 15 is 0 Å². The summed E-state index contributed by atoms with van der Waals surface area (Å²) < 4.78 is 70.4. The highest BCUT2D eigenvalue weighted by Gasteiger charge is 2.37. The average molecular weight is 727 g/mol. The molecule has 0 radical (unpaired) electrons. The zero-order valence-corrected chi connectivity index (χ0v) is 28.1. The number of hydrogen-bond donors (Lipinski definition) is 1. The van der Waals surface area contributed by atoms with Crippen molar-refractivity contribution >= 4 is 62.3 Å². The Labute approximate surface area is 285 Å². The smallest absolute Gasteiger partial charge is 0.357 e. The molecule has 0 aliphatic rings. The highest BCUT2D eigenvalue weighted by Crippen LogP contribution is 2.38. The van der Waals surface area contributed by atoms with E-state index in [-0.39, 0.29) is 22.9 Å². The van der Waals surface area contributed by atoms with Crippen molar-refractivity contribution in [2.75, 3.05) is 17.9 Å². The van der Waals surface area contributed by atoms with Gasteiger partial charge in [-0.25, -0.2) is 8.42 Å². The van der Waals surface area contributed by atoms with Gasteiger partial charge in [0.05, 0.1) is 21.2 Å². The number of nitrogens with zero attached hydrogens (tertiary/aromatic N) is 2. The van der Waals surface area contributed by atoms with Gasteiger partial charge in [0.25, 0.3) is 10.0 Å². The average Bonchev–Trinajstić information content (AvgIpc) is 3.02. The summed E-state index contributed by atoms with van der Waals surface area (Å²) in [5.74, 6) is -1.45. The van der Waals surface area contributed by atoms with Crippen molar-refractivity contribution in [2.45, 2.75) is 37.0 Å². The van der Waals surface area contributed by atoms with Crippen LogP contribution in [0, 0.1) is 6.92 Å². The van der Waals surface area contributed by atoms with Crippen molar-refractivity contribution < 1.29 is 31.2 Å². The van der Waals surface area contributed by atoms with Crippen LogP contribution in [0.1, 0.15) is 22.3 Å². The Bertz CT molecular complexity index is 1860.